The summed E-state index contributed by atoms with van der Waals surface area (Å²) in [6, 6.07) is 23.4. The summed E-state index contributed by atoms with van der Waals surface area (Å²) in [6.07, 6.45) is 0. The zero-order valence-electron chi connectivity index (χ0n) is 7.54. The Balaban J connectivity index is 2.61. The molecule has 3 aromatic rings. The molecule has 14 heavy (non-hydrogen) atoms. The van der Waals surface area contributed by atoms with E-state index in [4.69, 9.17) is 0 Å². The van der Waals surface area contributed by atoms with Crippen molar-refractivity contribution in [3.05, 3.63) is 60.7 Å². The van der Waals surface area contributed by atoms with Crippen LogP contribution in [0.4, 0.5) is 0 Å². The highest BCUT2D eigenvalue weighted by Crippen LogP contribution is 2.23. The topological polar surface area (TPSA) is 0 Å². The second-order valence-corrected chi connectivity index (χ2v) is 3.28. The van der Waals surface area contributed by atoms with Crippen LogP contribution >= 0.6 is 0 Å². The molecule has 0 aromatic heterocycles. The zero-order valence-corrected chi connectivity index (χ0v) is 7.54. The molecule has 0 amide bonds. The minimum Gasteiger partial charge on any atom is -0.0537 e. The molecule has 3 aromatic carbocycles. The summed E-state index contributed by atoms with van der Waals surface area (Å²) in [7, 11) is 0. The van der Waals surface area contributed by atoms with E-state index in [9.17, 15) is 0 Å². The maximum Gasteiger partial charge on any atom is -0.00139 e. The predicted molar refractivity (Wildman–Crippen MR) is 58.0 cm³/mol. The van der Waals surface area contributed by atoms with Gasteiger partial charge in [-0.1, -0.05) is 36.4 Å². The van der Waals surface area contributed by atoms with Gasteiger partial charge in [-0.2, -0.15) is 0 Å². The number of hydrogen-bond donors (Lipinski definition) is 0. The molecule has 0 heteroatoms. The lowest BCUT2D eigenvalue weighted by Gasteiger charge is -2.01. The van der Waals surface area contributed by atoms with Crippen molar-refractivity contribution >= 4 is 21.5 Å². The molecular weight excluding hydrogens is 168 g/mol. The number of benzene rings is 3. The highest BCUT2D eigenvalue weighted by Gasteiger charge is 1.97. The van der Waals surface area contributed by atoms with Gasteiger partial charge in [0.25, 0.3) is 0 Å². The first-order valence-electron chi connectivity index (χ1n) is 4.56. The van der Waals surface area contributed by atoms with Crippen LogP contribution in [-0.4, -0.2) is 0 Å². The standard InChI is InChI=1S/C14H7/c1-3-7-13-11(5-1)9-10-12-6-2-4-8-14(12)13/h1,4-5,7-10H. The normalized spacial score (nSPS) is 10.9. The Morgan fingerprint density at radius 3 is 2.86 bits per heavy atom. The van der Waals surface area contributed by atoms with Gasteiger partial charge in [0.05, 0.1) is 0 Å². The minimum atomic E-state index is 1.11. The van der Waals surface area contributed by atoms with Gasteiger partial charge < -0.3 is 0 Å². The maximum atomic E-state index is 3.10. The number of rotatable bonds is 0. The van der Waals surface area contributed by atoms with Crippen LogP contribution < -0.4 is 0 Å². The zero-order chi connectivity index (χ0) is 9.38. The van der Waals surface area contributed by atoms with Crippen LogP contribution in [0.5, 0.6) is 0 Å². The molecule has 0 bridgehead atoms. The van der Waals surface area contributed by atoms with E-state index < -0.39 is 0 Å². The second-order valence-electron chi connectivity index (χ2n) is 3.28. The van der Waals surface area contributed by atoms with Gasteiger partial charge in [0.2, 0.25) is 0 Å². The predicted octanol–water partition coefficient (Wildman–Crippen LogP) is 3.39. The highest BCUT2D eigenvalue weighted by atomic mass is 14.0. The lowest BCUT2D eigenvalue weighted by Crippen LogP contribution is -1.76. The molecule has 0 aliphatic carbocycles. The van der Waals surface area contributed by atoms with Gasteiger partial charge in [-0.15, -0.1) is 0 Å². The summed E-state index contributed by atoms with van der Waals surface area (Å²) < 4.78 is 0. The molecule has 0 atom stereocenters. The molecule has 0 saturated carbocycles. The summed E-state index contributed by atoms with van der Waals surface area (Å²) in [5, 5.41) is 4.81. The summed E-state index contributed by atoms with van der Waals surface area (Å²) >= 11 is 0. The molecule has 3 rings (SSSR count). The summed E-state index contributed by atoms with van der Waals surface area (Å²) in [4.78, 5) is 0. The molecule has 0 nitrogen and oxygen atoms in total. The third-order valence-corrected chi connectivity index (χ3v) is 2.45. The van der Waals surface area contributed by atoms with Gasteiger partial charge >= 0.3 is 0 Å². The Morgan fingerprint density at radius 1 is 0.857 bits per heavy atom. The van der Waals surface area contributed by atoms with Crippen molar-refractivity contribution in [1.82, 2.24) is 0 Å². The van der Waals surface area contributed by atoms with E-state index in [1.165, 1.54) is 16.2 Å². The van der Waals surface area contributed by atoms with Crippen LogP contribution in [0.25, 0.3) is 21.5 Å². The van der Waals surface area contributed by atoms with Crippen molar-refractivity contribution < 1.29 is 0 Å². The average Bonchev–Trinajstić information content (AvgIpc) is 2.29. The van der Waals surface area contributed by atoms with Crippen molar-refractivity contribution in [2.24, 2.45) is 0 Å². The molecule has 0 unspecified atom stereocenters. The molecule has 0 N–H and O–H groups in total. The van der Waals surface area contributed by atoms with E-state index in [1.54, 1.807) is 0 Å². The van der Waals surface area contributed by atoms with Crippen molar-refractivity contribution in [1.29, 1.82) is 0 Å². The summed E-state index contributed by atoms with van der Waals surface area (Å²) in [5.41, 5.74) is 0. The molecular formula is C14H7. The largest absolute Gasteiger partial charge is 0.0537 e. The van der Waals surface area contributed by atoms with Crippen molar-refractivity contribution in [3.8, 4) is 0 Å². The first-order valence-corrected chi connectivity index (χ1v) is 4.56. The minimum absolute atomic E-state index is 1.11. The molecule has 0 spiro atoms. The van der Waals surface area contributed by atoms with Crippen LogP contribution in [0, 0.1) is 18.2 Å². The van der Waals surface area contributed by atoms with Gasteiger partial charge in [-0.25, -0.2) is 0 Å². The Labute approximate surface area is 82.8 Å². The third kappa shape index (κ3) is 1.01. The Hall–Kier alpha value is -1.82. The molecule has 0 aliphatic heterocycles. The van der Waals surface area contributed by atoms with E-state index in [0.29, 0.717) is 0 Å². The molecule has 0 aliphatic rings. The van der Waals surface area contributed by atoms with E-state index in [0.717, 1.165) is 5.39 Å². The van der Waals surface area contributed by atoms with E-state index in [-0.39, 0.29) is 0 Å². The maximum absolute atomic E-state index is 3.10. The Kier molecular flexibility index (Phi) is 1.54. The fraction of sp³-hybridized carbons (Fsp3) is 0. The van der Waals surface area contributed by atoms with Crippen LogP contribution in [-0.2, 0) is 0 Å². The first-order chi connectivity index (χ1) is 6.95. The van der Waals surface area contributed by atoms with Crippen LogP contribution in [0.2, 0.25) is 0 Å². The fourth-order valence-corrected chi connectivity index (χ4v) is 1.76. The number of fused-ring (bicyclic) bond motifs is 3. The lowest BCUT2D eigenvalue weighted by atomic mass is 10.0. The van der Waals surface area contributed by atoms with Gasteiger partial charge in [0.15, 0.2) is 0 Å². The van der Waals surface area contributed by atoms with Crippen LogP contribution in [0.3, 0.4) is 0 Å². The fourth-order valence-electron chi connectivity index (χ4n) is 1.76. The van der Waals surface area contributed by atoms with E-state index in [2.05, 4.69) is 42.5 Å². The summed E-state index contributed by atoms with van der Waals surface area (Å²) in [5.74, 6) is 0. The molecule has 3 radical (unpaired) electrons. The average molecular weight is 175 g/mol. The Bertz CT molecular complexity index is 539. The van der Waals surface area contributed by atoms with Gasteiger partial charge in [0.1, 0.15) is 0 Å². The smallest absolute Gasteiger partial charge is 0.00139 e. The summed E-state index contributed by atoms with van der Waals surface area (Å²) in [6.45, 7) is 0. The van der Waals surface area contributed by atoms with Crippen molar-refractivity contribution in [3.63, 3.8) is 0 Å². The molecule has 0 fully saturated rings. The third-order valence-electron chi connectivity index (χ3n) is 2.45. The number of hydrogen-bond acceptors (Lipinski definition) is 0. The van der Waals surface area contributed by atoms with Crippen molar-refractivity contribution in [2.45, 2.75) is 0 Å². The first kappa shape index (κ1) is 7.57. The van der Waals surface area contributed by atoms with Gasteiger partial charge in [-0.3, -0.25) is 0 Å². The van der Waals surface area contributed by atoms with Crippen LogP contribution in [0.15, 0.2) is 42.5 Å². The molecule has 0 saturated heterocycles. The second kappa shape index (κ2) is 2.85. The van der Waals surface area contributed by atoms with Crippen molar-refractivity contribution in [2.75, 3.05) is 0 Å². The molecule has 0 heterocycles. The van der Waals surface area contributed by atoms with Crippen LogP contribution in [0.1, 0.15) is 0 Å². The monoisotopic (exact) mass is 175 g/mol. The van der Waals surface area contributed by atoms with E-state index in [1.807, 2.05) is 18.2 Å². The molecule has 63 valence electrons. The lowest BCUT2D eigenvalue weighted by molar-refractivity contribution is 1.74. The van der Waals surface area contributed by atoms with E-state index >= 15 is 0 Å². The Morgan fingerprint density at radius 2 is 1.86 bits per heavy atom. The van der Waals surface area contributed by atoms with Gasteiger partial charge in [-0.05, 0) is 45.8 Å². The highest BCUT2D eigenvalue weighted by molar-refractivity contribution is 6.06. The van der Waals surface area contributed by atoms with Gasteiger partial charge in [0, 0.05) is 0 Å². The SMILES string of the molecule is [c]1[c]c2ccc3cc[c]cc3c2cc1. The quantitative estimate of drug-likeness (QED) is 0.459.